The van der Waals surface area contributed by atoms with Crippen LogP contribution in [0.1, 0.15) is 40.5 Å². The highest BCUT2D eigenvalue weighted by Gasteiger charge is 2.23. The van der Waals surface area contributed by atoms with Crippen LogP contribution in [0.4, 0.5) is 0 Å². The zero-order valence-corrected chi connectivity index (χ0v) is 12.5. The van der Waals surface area contributed by atoms with Crippen molar-refractivity contribution in [1.82, 2.24) is 10.2 Å². The van der Waals surface area contributed by atoms with Gasteiger partial charge in [-0.25, -0.2) is 4.79 Å². The minimum Gasteiger partial charge on any atom is -0.478 e. The molecule has 118 valence electrons. The number of rotatable bonds is 4. The molecule has 0 radical (unpaired) electrons. The standard InChI is InChI=1S/C16H20N2O4/c1-11(19)17-10-12-6-8-18(9-7-12)15(20)13-2-4-14(5-3-13)16(21)22/h2-5,12H,6-10H2,1H3,(H,17,19)(H,21,22). The van der Waals surface area contributed by atoms with Gasteiger partial charge in [-0.05, 0) is 43.0 Å². The molecular formula is C16H20N2O4. The lowest BCUT2D eigenvalue weighted by Gasteiger charge is -2.32. The SMILES string of the molecule is CC(=O)NCC1CCN(C(=O)c2ccc(C(=O)O)cc2)CC1. The number of carbonyl (C=O) groups is 3. The lowest BCUT2D eigenvalue weighted by molar-refractivity contribution is -0.119. The number of hydrogen-bond donors (Lipinski definition) is 2. The van der Waals surface area contributed by atoms with Crippen LogP contribution in [0.5, 0.6) is 0 Å². The average molecular weight is 304 g/mol. The van der Waals surface area contributed by atoms with Crippen LogP contribution in [-0.2, 0) is 4.79 Å². The van der Waals surface area contributed by atoms with Gasteiger partial charge in [0.05, 0.1) is 5.56 Å². The van der Waals surface area contributed by atoms with Gasteiger partial charge in [0.1, 0.15) is 0 Å². The molecule has 0 aromatic heterocycles. The van der Waals surface area contributed by atoms with Gasteiger partial charge in [0.15, 0.2) is 0 Å². The van der Waals surface area contributed by atoms with Crippen molar-refractivity contribution in [3.05, 3.63) is 35.4 Å². The molecule has 1 heterocycles. The number of nitrogens with zero attached hydrogens (tertiary/aromatic N) is 1. The summed E-state index contributed by atoms with van der Waals surface area (Å²) in [5.74, 6) is -0.702. The normalized spacial score (nSPS) is 15.4. The van der Waals surface area contributed by atoms with Crippen molar-refractivity contribution in [3.8, 4) is 0 Å². The van der Waals surface area contributed by atoms with E-state index in [2.05, 4.69) is 5.32 Å². The van der Waals surface area contributed by atoms with E-state index in [9.17, 15) is 14.4 Å². The molecule has 1 aliphatic rings. The molecule has 1 aromatic carbocycles. The van der Waals surface area contributed by atoms with E-state index in [1.54, 1.807) is 17.0 Å². The molecule has 1 aromatic rings. The van der Waals surface area contributed by atoms with Gasteiger partial charge in [-0.2, -0.15) is 0 Å². The largest absolute Gasteiger partial charge is 0.478 e. The summed E-state index contributed by atoms with van der Waals surface area (Å²) in [5, 5.41) is 11.7. The maximum Gasteiger partial charge on any atom is 0.335 e. The van der Waals surface area contributed by atoms with E-state index in [4.69, 9.17) is 5.11 Å². The van der Waals surface area contributed by atoms with Gasteiger partial charge in [-0.15, -0.1) is 0 Å². The van der Waals surface area contributed by atoms with Gasteiger partial charge in [0.2, 0.25) is 5.91 Å². The molecule has 1 aliphatic heterocycles. The lowest BCUT2D eigenvalue weighted by atomic mass is 9.96. The van der Waals surface area contributed by atoms with E-state index in [0.29, 0.717) is 31.1 Å². The third-order valence-corrected chi connectivity index (χ3v) is 3.92. The van der Waals surface area contributed by atoms with Crippen molar-refractivity contribution in [2.75, 3.05) is 19.6 Å². The van der Waals surface area contributed by atoms with E-state index in [1.807, 2.05) is 0 Å². The van der Waals surface area contributed by atoms with Crippen LogP contribution in [0.3, 0.4) is 0 Å². The summed E-state index contributed by atoms with van der Waals surface area (Å²) in [5.41, 5.74) is 0.677. The van der Waals surface area contributed by atoms with Crippen molar-refractivity contribution >= 4 is 17.8 Å². The Labute approximate surface area is 129 Å². The van der Waals surface area contributed by atoms with Gasteiger partial charge in [0.25, 0.3) is 5.91 Å². The highest BCUT2D eigenvalue weighted by molar-refractivity contribution is 5.95. The topological polar surface area (TPSA) is 86.7 Å². The molecule has 2 N–H and O–H groups in total. The molecule has 0 aliphatic carbocycles. The summed E-state index contributed by atoms with van der Waals surface area (Å²) in [6, 6.07) is 5.99. The highest BCUT2D eigenvalue weighted by atomic mass is 16.4. The quantitative estimate of drug-likeness (QED) is 0.879. The summed E-state index contributed by atoms with van der Waals surface area (Å²) in [6.07, 6.45) is 1.72. The molecule has 1 fully saturated rings. The maximum absolute atomic E-state index is 12.4. The number of piperidine rings is 1. The molecule has 6 nitrogen and oxygen atoms in total. The zero-order chi connectivity index (χ0) is 16.1. The van der Waals surface area contributed by atoms with E-state index in [1.165, 1.54) is 19.1 Å². The molecule has 0 unspecified atom stereocenters. The number of nitrogens with one attached hydrogen (secondary N) is 1. The second kappa shape index (κ2) is 7.06. The Kier molecular flexibility index (Phi) is 5.14. The Morgan fingerprint density at radius 3 is 2.18 bits per heavy atom. The van der Waals surface area contributed by atoms with E-state index in [0.717, 1.165) is 12.8 Å². The highest BCUT2D eigenvalue weighted by Crippen LogP contribution is 2.18. The number of carboxylic acids is 1. The summed E-state index contributed by atoms with van der Waals surface area (Å²) < 4.78 is 0. The Morgan fingerprint density at radius 2 is 1.68 bits per heavy atom. The molecule has 0 bridgehead atoms. The van der Waals surface area contributed by atoms with Crippen LogP contribution in [0.15, 0.2) is 24.3 Å². The van der Waals surface area contributed by atoms with Gasteiger partial charge >= 0.3 is 5.97 Å². The van der Waals surface area contributed by atoms with Crippen LogP contribution in [-0.4, -0.2) is 47.4 Å². The van der Waals surface area contributed by atoms with E-state index < -0.39 is 5.97 Å². The van der Waals surface area contributed by atoms with Gasteiger partial charge < -0.3 is 15.3 Å². The second-order valence-corrected chi connectivity index (χ2v) is 5.56. The predicted octanol–water partition coefficient (Wildman–Crippen LogP) is 1.37. The van der Waals surface area contributed by atoms with Crippen molar-refractivity contribution < 1.29 is 19.5 Å². The third kappa shape index (κ3) is 4.07. The third-order valence-electron chi connectivity index (χ3n) is 3.92. The number of hydrogen-bond acceptors (Lipinski definition) is 3. The number of amides is 2. The van der Waals surface area contributed by atoms with Crippen LogP contribution >= 0.6 is 0 Å². The number of aromatic carboxylic acids is 1. The molecule has 2 amide bonds. The maximum atomic E-state index is 12.4. The monoisotopic (exact) mass is 304 g/mol. The number of likely N-dealkylation sites (tertiary alicyclic amines) is 1. The smallest absolute Gasteiger partial charge is 0.335 e. The molecule has 22 heavy (non-hydrogen) atoms. The minimum atomic E-state index is -1.00. The van der Waals surface area contributed by atoms with Gasteiger partial charge in [-0.3, -0.25) is 9.59 Å². The molecule has 0 atom stereocenters. The molecule has 1 saturated heterocycles. The molecule has 0 spiro atoms. The first kappa shape index (κ1) is 16.0. The summed E-state index contributed by atoms with van der Waals surface area (Å²) in [6.45, 7) is 3.47. The van der Waals surface area contributed by atoms with Crippen molar-refractivity contribution in [2.45, 2.75) is 19.8 Å². The van der Waals surface area contributed by atoms with Crippen LogP contribution in [0.25, 0.3) is 0 Å². The van der Waals surface area contributed by atoms with E-state index >= 15 is 0 Å². The van der Waals surface area contributed by atoms with Crippen LogP contribution < -0.4 is 5.32 Å². The average Bonchev–Trinajstić information content (AvgIpc) is 2.53. The Bertz CT molecular complexity index is 560. The fraction of sp³-hybridized carbons (Fsp3) is 0.438. The summed E-state index contributed by atoms with van der Waals surface area (Å²) in [7, 11) is 0. The first-order valence-electron chi connectivity index (χ1n) is 7.34. The first-order chi connectivity index (χ1) is 10.5. The minimum absolute atomic E-state index is 0.0305. The predicted molar refractivity (Wildman–Crippen MR) is 80.7 cm³/mol. The second-order valence-electron chi connectivity index (χ2n) is 5.56. The summed E-state index contributed by atoms with van der Waals surface area (Å²) in [4.78, 5) is 35.8. The Hall–Kier alpha value is -2.37. The van der Waals surface area contributed by atoms with Crippen molar-refractivity contribution in [1.29, 1.82) is 0 Å². The molecule has 6 heteroatoms. The van der Waals surface area contributed by atoms with Crippen LogP contribution in [0, 0.1) is 5.92 Å². The lowest BCUT2D eigenvalue weighted by Crippen LogP contribution is -2.41. The molecule has 0 saturated carbocycles. The Morgan fingerprint density at radius 1 is 1.14 bits per heavy atom. The first-order valence-corrected chi connectivity index (χ1v) is 7.34. The Balaban J connectivity index is 1.89. The fourth-order valence-electron chi connectivity index (χ4n) is 2.57. The van der Waals surface area contributed by atoms with Crippen molar-refractivity contribution in [3.63, 3.8) is 0 Å². The number of carbonyl (C=O) groups excluding carboxylic acids is 2. The van der Waals surface area contributed by atoms with Crippen LogP contribution in [0.2, 0.25) is 0 Å². The molecule has 2 rings (SSSR count). The summed E-state index contributed by atoms with van der Waals surface area (Å²) >= 11 is 0. The fourth-order valence-corrected chi connectivity index (χ4v) is 2.57. The van der Waals surface area contributed by atoms with Gasteiger partial charge in [0, 0.05) is 32.1 Å². The van der Waals surface area contributed by atoms with E-state index in [-0.39, 0.29) is 17.4 Å². The molecular weight excluding hydrogens is 284 g/mol. The zero-order valence-electron chi connectivity index (χ0n) is 12.5. The van der Waals surface area contributed by atoms with Gasteiger partial charge in [-0.1, -0.05) is 0 Å². The van der Waals surface area contributed by atoms with Crippen molar-refractivity contribution in [2.24, 2.45) is 5.92 Å². The number of carboxylic acid groups (broad SMARTS) is 1. The number of benzene rings is 1.